The Bertz CT molecular complexity index is 849. The van der Waals surface area contributed by atoms with Crippen LogP contribution in [0, 0.1) is 0 Å². The van der Waals surface area contributed by atoms with Crippen LogP contribution in [0.25, 0.3) is 0 Å². The number of alkyl halides is 2. The molecule has 0 spiro atoms. The van der Waals surface area contributed by atoms with Crippen molar-refractivity contribution in [2.45, 2.75) is 26.5 Å². The second kappa shape index (κ2) is 14.4. The molecule has 1 amide bonds. The molecule has 0 aliphatic rings. The molecular weight excluding hydrogens is 533 g/mol. The third-order valence-corrected chi connectivity index (χ3v) is 4.23. The van der Waals surface area contributed by atoms with Crippen LogP contribution in [-0.2, 0) is 17.8 Å². The van der Waals surface area contributed by atoms with Gasteiger partial charge in [-0.15, -0.1) is 24.0 Å². The molecule has 2 aromatic rings. The van der Waals surface area contributed by atoms with Crippen molar-refractivity contribution in [3.63, 3.8) is 0 Å². The zero-order chi connectivity index (χ0) is 22.6. The zero-order valence-electron chi connectivity index (χ0n) is 18.1. The molecule has 0 unspecified atom stereocenters. The van der Waals surface area contributed by atoms with Crippen molar-refractivity contribution >= 4 is 35.8 Å². The number of nitrogens with one attached hydrogen (secondary N) is 1. The molecule has 2 rings (SSSR count). The first-order valence-corrected chi connectivity index (χ1v) is 9.90. The van der Waals surface area contributed by atoms with Crippen LogP contribution in [0.1, 0.15) is 18.1 Å². The molecular formula is C22H29F2IN4O3. The number of benzene rings is 2. The first-order chi connectivity index (χ1) is 14.9. The van der Waals surface area contributed by atoms with E-state index in [1.165, 1.54) is 12.1 Å². The van der Waals surface area contributed by atoms with Gasteiger partial charge in [0.05, 0.1) is 0 Å². The van der Waals surface area contributed by atoms with E-state index in [9.17, 15) is 13.6 Å². The van der Waals surface area contributed by atoms with Gasteiger partial charge in [0.2, 0.25) is 0 Å². The number of hydrogen-bond acceptors (Lipinski definition) is 4. The van der Waals surface area contributed by atoms with E-state index >= 15 is 0 Å². The first kappa shape index (κ1) is 27.4. The van der Waals surface area contributed by atoms with Crippen LogP contribution in [0.4, 0.5) is 8.78 Å². The predicted molar refractivity (Wildman–Crippen MR) is 131 cm³/mol. The maximum absolute atomic E-state index is 12.3. The van der Waals surface area contributed by atoms with Gasteiger partial charge in [0.1, 0.15) is 11.5 Å². The van der Waals surface area contributed by atoms with Crippen molar-refractivity contribution in [3.8, 4) is 11.5 Å². The Hall–Kier alpha value is -2.63. The van der Waals surface area contributed by atoms with Crippen molar-refractivity contribution in [3.05, 3.63) is 59.7 Å². The smallest absolute Gasteiger partial charge is 0.387 e. The van der Waals surface area contributed by atoms with E-state index in [1.807, 2.05) is 31.0 Å². The van der Waals surface area contributed by atoms with Gasteiger partial charge < -0.3 is 25.4 Å². The number of rotatable bonds is 11. The lowest BCUT2D eigenvalue weighted by molar-refractivity contribution is -0.119. The van der Waals surface area contributed by atoms with Gasteiger partial charge in [-0.1, -0.05) is 24.3 Å². The minimum Gasteiger partial charge on any atom is -0.484 e. The topological polar surface area (TPSA) is 89.2 Å². The number of nitrogens with zero attached hydrogens (tertiary/aromatic N) is 2. The van der Waals surface area contributed by atoms with E-state index < -0.39 is 12.5 Å². The van der Waals surface area contributed by atoms with E-state index in [4.69, 9.17) is 10.5 Å². The molecule has 0 radical (unpaired) electrons. The molecule has 0 aromatic heterocycles. The molecule has 0 aliphatic carbocycles. The predicted octanol–water partition coefficient (Wildman–Crippen LogP) is 3.41. The van der Waals surface area contributed by atoms with Crippen molar-refractivity contribution in [1.29, 1.82) is 0 Å². The Morgan fingerprint density at radius 2 is 1.69 bits per heavy atom. The van der Waals surface area contributed by atoms with Crippen LogP contribution >= 0.6 is 24.0 Å². The third kappa shape index (κ3) is 10.1. The maximum Gasteiger partial charge on any atom is 0.387 e. The number of carbonyl (C=O) groups is 1. The summed E-state index contributed by atoms with van der Waals surface area (Å²) in [6, 6.07) is 14.0. The standard InChI is InChI=1S/C22H28F2N4O3.HI/c1-3-26-22(28(2)14-17-6-10-19(11-7-17)31-21(23)24)27-13-12-16-4-8-18(9-5-16)30-15-20(25)29;/h4-11,21H,3,12-15H2,1-2H3,(H2,25,29)(H,26,27);1H. The number of nitrogens with two attached hydrogens (primary N) is 1. The molecule has 0 fully saturated rings. The highest BCUT2D eigenvalue weighted by molar-refractivity contribution is 14.0. The van der Waals surface area contributed by atoms with Gasteiger partial charge in [0, 0.05) is 26.7 Å². The fraction of sp³-hybridized carbons (Fsp3) is 0.364. The average Bonchev–Trinajstić information content (AvgIpc) is 2.73. The number of primary amides is 1. The summed E-state index contributed by atoms with van der Waals surface area (Å²) >= 11 is 0. The number of aliphatic imine (C=N–C) groups is 1. The van der Waals surface area contributed by atoms with Crippen LogP contribution in [-0.4, -0.2) is 50.1 Å². The van der Waals surface area contributed by atoms with Gasteiger partial charge in [-0.25, -0.2) is 0 Å². The summed E-state index contributed by atoms with van der Waals surface area (Å²) in [6.45, 7) is 0.868. The van der Waals surface area contributed by atoms with Crippen molar-refractivity contribution in [1.82, 2.24) is 10.2 Å². The molecule has 0 heterocycles. The van der Waals surface area contributed by atoms with E-state index in [1.54, 1.807) is 24.3 Å². The molecule has 32 heavy (non-hydrogen) atoms. The SMILES string of the molecule is CCNC(=NCCc1ccc(OCC(N)=O)cc1)N(C)Cc1ccc(OC(F)F)cc1.I. The molecule has 0 saturated carbocycles. The second-order valence-electron chi connectivity index (χ2n) is 6.76. The maximum atomic E-state index is 12.3. The highest BCUT2D eigenvalue weighted by atomic mass is 127. The summed E-state index contributed by atoms with van der Waals surface area (Å²) in [6.07, 6.45) is 0.735. The third-order valence-electron chi connectivity index (χ3n) is 4.23. The average molecular weight is 562 g/mol. The first-order valence-electron chi connectivity index (χ1n) is 9.90. The van der Waals surface area contributed by atoms with Gasteiger partial charge in [-0.2, -0.15) is 8.78 Å². The molecule has 10 heteroatoms. The molecule has 7 nitrogen and oxygen atoms in total. The van der Waals surface area contributed by atoms with Crippen LogP contribution < -0.4 is 20.5 Å². The summed E-state index contributed by atoms with van der Waals surface area (Å²) < 4.78 is 34.2. The molecule has 176 valence electrons. The number of ether oxygens (including phenoxy) is 2. The van der Waals surface area contributed by atoms with Crippen LogP contribution in [0.2, 0.25) is 0 Å². The fourth-order valence-electron chi connectivity index (χ4n) is 2.79. The number of halogens is 3. The Morgan fingerprint density at radius 1 is 1.09 bits per heavy atom. The van der Waals surface area contributed by atoms with Crippen molar-refractivity contribution in [2.75, 3.05) is 26.7 Å². The molecule has 0 bridgehead atoms. The summed E-state index contributed by atoms with van der Waals surface area (Å²) in [4.78, 5) is 17.4. The van der Waals surface area contributed by atoms with Crippen LogP contribution in [0.5, 0.6) is 11.5 Å². The number of guanidine groups is 1. The van der Waals surface area contributed by atoms with Gasteiger partial charge in [0.15, 0.2) is 12.6 Å². The summed E-state index contributed by atoms with van der Waals surface area (Å²) in [5, 5.41) is 3.25. The summed E-state index contributed by atoms with van der Waals surface area (Å²) in [5.41, 5.74) is 7.10. The highest BCUT2D eigenvalue weighted by Crippen LogP contribution is 2.16. The lowest BCUT2D eigenvalue weighted by Gasteiger charge is -2.22. The minimum absolute atomic E-state index is 0. The lowest BCUT2D eigenvalue weighted by atomic mass is 10.1. The van der Waals surface area contributed by atoms with Gasteiger partial charge in [-0.3, -0.25) is 9.79 Å². The molecule has 0 saturated heterocycles. The lowest BCUT2D eigenvalue weighted by Crippen LogP contribution is -2.38. The Kier molecular flexibility index (Phi) is 12.4. The van der Waals surface area contributed by atoms with E-state index in [0.717, 1.165) is 30.1 Å². The van der Waals surface area contributed by atoms with Crippen LogP contribution in [0.15, 0.2) is 53.5 Å². The monoisotopic (exact) mass is 562 g/mol. The van der Waals surface area contributed by atoms with Crippen LogP contribution in [0.3, 0.4) is 0 Å². The number of carbonyl (C=O) groups excluding carboxylic acids is 1. The second-order valence-corrected chi connectivity index (χ2v) is 6.76. The normalized spacial score (nSPS) is 11.0. The molecule has 0 aliphatic heterocycles. The van der Waals surface area contributed by atoms with Gasteiger partial charge in [0.25, 0.3) is 5.91 Å². The minimum atomic E-state index is -2.83. The van der Waals surface area contributed by atoms with Crippen molar-refractivity contribution in [2.24, 2.45) is 10.7 Å². The number of amides is 1. The zero-order valence-corrected chi connectivity index (χ0v) is 20.4. The Balaban J connectivity index is 0.00000512. The van der Waals surface area contributed by atoms with E-state index in [2.05, 4.69) is 15.0 Å². The van der Waals surface area contributed by atoms with Crippen molar-refractivity contribution < 1.29 is 23.0 Å². The Labute approximate surface area is 204 Å². The van der Waals surface area contributed by atoms with E-state index in [-0.39, 0.29) is 36.3 Å². The largest absolute Gasteiger partial charge is 0.484 e. The molecule has 0 atom stereocenters. The Morgan fingerprint density at radius 3 is 2.25 bits per heavy atom. The van der Waals surface area contributed by atoms with E-state index in [0.29, 0.717) is 18.8 Å². The van der Waals surface area contributed by atoms with Gasteiger partial charge in [-0.05, 0) is 48.7 Å². The molecule has 3 N–H and O–H groups in total. The molecule has 2 aromatic carbocycles. The van der Waals surface area contributed by atoms with Gasteiger partial charge >= 0.3 is 6.61 Å². The number of hydrogen-bond donors (Lipinski definition) is 2. The summed E-state index contributed by atoms with van der Waals surface area (Å²) in [7, 11) is 1.91. The quantitative estimate of drug-likeness (QED) is 0.249. The summed E-state index contributed by atoms with van der Waals surface area (Å²) in [5.74, 6) is 0.949. The fourth-order valence-corrected chi connectivity index (χ4v) is 2.79. The highest BCUT2D eigenvalue weighted by Gasteiger charge is 2.08.